The number of hydrogen-bond donors (Lipinski definition) is 2. The number of nitrogens with zero attached hydrogens (tertiary/aromatic N) is 1. The van der Waals surface area contributed by atoms with Crippen LogP contribution >= 0.6 is 0 Å². The summed E-state index contributed by atoms with van der Waals surface area (Å²) < 4.78 is 16.0. The fourth-order valence-corrected chi connectivity index (χ4v) is 5.29. The molecule has 9 heteroatoms. The fraction of sp³-hybridized carbons (Fsp3) is 0.609. The first-order valence-electron chi connectivity index (χ1n) is 10.7. The van der Waals surface area contributed by atoms with Crippen molar-refractivity contribution in [2.75, 3.05) is 27.9 Å². The summed E-state index contributed by atoms with van der Waals surface area (Å²) in [6, 6.07) is 2.95. The standard InChI is InChI=1S/C23H33N3O6/c1-14-9-22(2,3)13-23(10-14)20(28)26(21(29)25-23)12-18(27)24-11-15-7-16(30-4)19(32-6)17(8-15)31-5/h7-8,14H,9-13H2,1-6H3,(H,24,27)(H,25,29)/t14-,23-/m1/s1. The minimum atomic E-state index is -0.921. The third-order valence-electron chi connectivity index (χ3n) is 6.14. The minimum absolute atomic E-state index is 0.0641. The first kappa shape index (κ1) is 23.7. The Morgan fingerprint density at radius 3 is 2.28 bits per heavy atom. The zero-order valence-electron chi connectivity index (χ0n) is 19.7. The predicted molar refractivity (Wildman–Crippen MR) is 118 cm³/mol. The first-order chi connectivity index (χ1) is 15.0. The molecule has 0 aromatic heterocycles. The molecule has 1 aromatic rings. The maximum atomic E-state index is 13.2. The van der Waals surface area contributed by atoms with E-state index >= 15 is 0 Å². The largest absolute Gasteiger partial charge is 0.493 e. The highest BCUT2D eigenvalue weighted by molar-refractivity contribution is 6.09. The molecule has 4 amide bonds. The predicted octanol–water partition coefficient (Wildman–Crippen LogP) is 2.47. The molecule has 1 saturated carbocycles. The molecule has 3 rings (SSSR count). The second kappa shape index (κ2) is 8.88. The van der Waals surface area contributed by atoms with Gasteiger partial charge in [-0.15, -0.1) is 0 Å². The van der Waals surface area contributed by atoms with Crippen LogP contribution in [-0.2, 0) is 16.1 Å². The molecular formula is C23H33N3O6. The molecule has 2 N–H and O–H groups in total. The topological polar surface area (TPSA) is 106 Å². The van der Waals surface area contributed by atoms with Crippen molar-refractivity contribution in [3.8, 4) is 17.2 Å². The Labute approximate surface area is 188 Å². The van der Waals surface area contributed by atoms with E-state index in [1.807, 2.05) is 0 Å². The fourth-order valence-electron chi connectivity index (χ4n) is 5.29. The number of ether oxygens (including phenoxy) is 3. The summed E-state index contributed by atoms with van der Waals surface area (Å²) in [5.41, 5.74) is -0.259. The van der Waals surface area contributed by atoms with Crippen molar-refractivity contribution in [2.24, 2.45) is 11.3 Å². The van der Waals surface area contributed by atoms with Crippen LogP contribution < -0.4 is 24.8 Å². The quantitative estimate of drug-likeness (QED) is 0.622. The molecule has 2 fully saturated rings. The van der Waals surface area contributed by atoms with Gasteiger partial charge in [0, 0.05) is 6.54 Å². The maximum Gasteiger partial charge on any atom is 0.325 e. The summed E-state index contributed by atoms with van der Waals surface area (Å²) in [5, 5.41) is 5.65. The third kappa shape index (κ3) is 4.61. The van der Waals surface area contributed by atoms with E-state index in [4.69, 9.17) is 14.2 Å². The molecule has 2 atom stereocenters. The number of urea groups is 1. The van der Waals surface area contributed by atoms with Crippen molar-refractivity contribution in [1.82, 2.24) is 15.5 Å². The molecule has 2 aliphatic rings. The summed E-state index contributed by atoms with van der Waals surface area (Å²) in [6.45, 7) is 6.15. The lowest BCUT2D eigenvalue weighted by molar-refractivity contribution is -0.137. The summed E-state index contributed by atoms with van der Waals surface area (Å²) >= 11 is 0. The molecule has 1 saturated heterocycles. The number of carbonyl (C=O) groups excluding carboxylic acids is 3. The number of rotatable bonds is 7. The molecular weight excluding hydrogens is 414 g/mol. The van der Waals surface area contributed by atoms with Gasteiger partial charge in [-0.25, -0.2) is 4.79 Å². The lowest BCUT2D eigenvalue weighted by Gasteiger charge is -2.43. The molecule has 0 bridgehead atoms. The van der Waals surface area contributed by atoms with Gasteiger partial charge < -0.3 is 24.8 Å². The SMILES string of the molecule is COc1cc(CNC(=O)CN2C(=O)N[C@@]3(C[C@H](C)CC(C)(C)C3)C2=O)cc(OC)c1OC. The molecule has 0 radical (unpaired) electrons. The van der Waals surface area contributed by atoms with Crippen molar-refractivity contribution in [3.05, 3.63) is 17.7 Å². The van der Waals surface area contributed by atoms with Gasteiger partial charge in [0.15, 0.2) is 11.5 Å². The summed E-state index contributed by atoms with van der Waals surface area (Å²) in [4.78, 5) is 39.4. The Kier molecular flexibility index (Phi) is 6.57. The third-order valence-corrected chi connectivity index (χ3v) is 6.14. The van der Waals surface area contributed by atoms with E-state index in [9.17, 15) is 14.4 Å². The van der Waals surface area contributed by atoms with E-state index in [1.165, 1.54) is 21.3 Å². The van der Waals surface area contributed by atoms with Gasteiger partial charge in [0.2, 0.25) is 11.7 Å². The van der Waals surface area contributed by atoms with Crippen LogP contribution in [-0.4, -0.2) is 56.2 Å². The normalized spacial score (nSPS) is 24.3. The zero-order valence-corrected chi connectivity index (χ0v) is 19.7. The Bertz CT molecular complexity index is 890. The number of benzene rings is 1. The van der Waals surface area contributed by atoms with Gasteiger partial charge in [-0.1, -0.05) is 20.8 Å². The van der Waals surface area contributed by atoms with E-state index in [1.54, 1.807) is 12.1 Å². The van der Waals surface area contributed by atoms with E-state index in [0.717, 1.165) is 16.9 Å². The van der Waals surface area contributed by atoms with E-state index in [2.05, 4.69) is 31.4 Å². The van der Waals surface area contributed by atoms with Gasteiger partial charge >= 0.3 is 6.03 Å². The van der Waals surface area contributed by atoms with E-state index in [-0.39, 0.29) is 24.4 Å². The van der Waals surface area contributed by atoms with Crippen LogP contribution in [0.15, 0.2) is 12.1 Å². The number of amides is 4. The average Bonchev–Trinajstić information content (AvgIpc) is 2.92. The maximum absolute atomic E-state index is 13.2. The molecule has 1 spiro atoms. The zero-order chi connectivity index (χ0) is 23.7. The monoisotopic (exact) mass is 447 g/mol. The number of carbonyl (C=O) groups is 3. The van der Waals surface area contributed by atoms with Crippen LogP contribution in [0.2, 0.25) is 0 Å². The molecule has 9 nitrogen and oxygen atoms in total. The molecule has 176 valence electrons. The number of imide groups is 1. The lowest BCUT2D eigenvalue weighted by Crippen LogP contribution is -2.54. The van der Waals surface area contributed by atoms with E-state index < -0.39 is 17.5 Å². The van der Waals surface area contributed by atoms with Crippen molar-refractivity contribution in [3.63, 3.8) is 0 Å². The van der Waals surface area contributed by atoms with Gasteiger partial charge in [0.1, 0.15) is 12.1 Å². The van der Waals surface area contributed by atoms with Crippen molar-refractivity contribution in [2.45, 2.75) is 52.1 Å². The van der Waals surface area contributed by atoms with Gasteiger partial charge in [-0.2, -0.15) is 0 Å². The van der Waals surface area contributed by atoms with Crippen molar-refractivity contribution < 1.29 is 28.6 Å². The van der Waals surface area contributed by atoms with E-state index in [0.29, 0.717) is 36.0 Å². The average molecular weight is 448 g/mol. The lowest BCUT2D eigenvalue weighted by atomic mass is 9.64. The highest BCUT2D eigenvalue weighted by Gasteiger charge is 2.56. The van der Waals surface area contributed by atoms with Crippen LogP contribution in [0.1, 0.15) is 45.6 Å². The molecule has 1 aliphatic carbocycles. The Morgan fingerprint density at radius 1 is 1.12 bits per heavy atom. The second-order valence-corrected chi connectivity index (χ2v) is 9.57. The smallest absolute Gasteiger partial charge is 0.325 e. The van der Waals surface area contributed by atoms with Crippen LogP contribution in [0.25, 0.3) is 0 Å². The Morgan fingerprint density at radius 2 is 1.75 bits per heavy atom. The second-order valence-electron chi connectivity index (χ2n) is 9.57. The van der Waals surface area contributed by atoms with Crippen LogP contribution in [0, 0.1) is 11.3 Å². The molecule has 1 aliphatic heterocycles. The number of methoxy groups -OCH3 is 3. The van der Waals surface area contributed by atoms with Crippen LogP contribution in [0.4, 0.5) is 4.79 Å². The molecule has 1 aromatic carbocycles. The van der Waals surface area contributed by atoms with Crippen LogP contribution in [0.3, 0.4) is 0 Å². The van der Waals surface area contributed by atoms with Crippen molar-refractivity contribution >= 4 is 17.8 Å². The van der Waals surface area contributed by atoms with Gasteiger partial charge in [0.05, 0.1) is 21.3 Å². The summed E-state index contributed by atoms with van der Waals surface area (Å²) in [5.74, 6) is 0.964. The van der Waals surface area contributed by atoms with Crippen molar-refractivity contribution in [1.29, 1.82) is 0 Å². The number of nitrogens with one attached hydrogen (secondary N) is 2. The van der Waals surface area contributed by atoms with Gasteiger partial charge in [-0.05, 0) is 48.3 Å². The highest BCUT2D eigenvalue weighted by Crippen LogP contribution is 2.46. The summed E-state index contributed by atoms with van der Waals surface area (Å²) in [7, 11) is 4.54. The summed E-state index contributed by atoms with van der Waals surface area (Å²) in [6.07, 6.45) is 2.15. The van der Waals surface area contributed by atoms with Gasteiger partial charge in [0.25, 0.3) is 5.91 Å². The molecule has 0 unspecified atom stereocenters. The Hall–Kier alpha value is -2.97. The Balaban J connectivity index is 1.67. The van der Waals surface area contributed by atoms with Crippen LogP contribution in [0.5, 0.6) is 17.2 Å². The first-order valence-corrected chi connectivity index (χ1v) is 10.7. The molecule has 32 heavy (non-hydrogen) atoms. The highest BCUT2D eigenvalue weighted by atomic mass is 16.5. The van der Waals surface area contributed by atoms with Gasteiger partial charge in [-0.3, -0.25) is 14.5 Å². The minimum Gasteiger partial charge on any atom is -0.493 e. The number of hydrogen-bond acceptors (Lipinski definition) is 6. The molecule has 1 heterocycles.